The molecular formula is C8H11NO3. The Hall–Kier alpha value is -1.16. The van der Waals surface area contributed by atoms with E-state index in [9.17, 15) is 9.59 Å². The molecule has 4 nitrogen and oxygen atoms in total. The molecule has 0 saturated heterocycles. The van der Waals surface area contributed by atoms with Gasteiger partial charge in [-0.2, -0.15) is 0 Å². The lowest BCUT2D eigenvalue weighted by atomic mass is 10.3. The van der Waals surface area contributed by atoms with Gasteiger partial charge in [0, 0.05) is 19.3 Å². The third-order valence-electron chi connectivity index (χ3n) is 1.69. The molecule has 1 aliphatic rings. The Morgan fingerprint density at radius 1 is 1.42 bits per heavy atom. The largest absolute Gasteiger partial charge is 0.383 e. The van der Waals surface area contributed by atoms with Crippen LogP contribution in [0, 0.1) is 0 Å². The average molecular weight is 169 g/mol. The minimum absolute atomic E-state index is 0.190. The standard InChI is InChI=1S/C8H11NO3/c1-6(5-12-2)9-7(10)3-4-8(9)11/h3-4,6H,5H2,1-2H3. The lowest BCUT2D eigenvalue weighted by Crippen LogP contribution is -2.40. The van der Waals surface area contributed by atoms with Crippen LogP contribution in [0.1, 0.15) is 6.92 Å². The van der Waals surface area contributed by atoms with E-state index in [1.807, 2.05) is 0 Å². The molecule has 0 aromatic carbocycles. The maximum absolute atomic E-state index is 11.1. The lowest BCUT2D eigenvalue weighted by Gasteiger charge is -2.21. The van der Waals surface area contributed by atoms with Crippen LogP contribution in [-0.2, 0) is 14.3 Å². The van der Waals surface area contributed by atoms with Gasteiger partial charge in [0.05, 0.1) is 12.6 Å². The van der Waals surface area contributed by atoms with E-state index in [2.05, 4.69) is 0 Å². The average Bonchev–Trinajstić information content (AvgIpc) is 2.32. The molecule has 1 rings (SSSR count). The van der Waals surface area contributed by atoms with Crippen molar-refractivity contribution in [3.8, 4) is 0 Å². The molecule has 2 amide bonds. The van der Waals surface area contributed by atoms with Gasteiger partial charge >= 0.3 is 0 Å². The van der Waals surface area contributed by atoms with Gasteiger partial charge in [-0.1, -0.05) is 0 Å². The summed E-state index contributed by atoms with van der Waals surface area (Å²) in [4.78, 5) is 23.3. The Balaban J connectivity index is 2.63. The molecule has 0 aliphatic carbocycles. The van der Waals surface area contributed by atoms with Gasteiger partial charge in [0.15, 0.2) is 0 Å². The number of carbonyl (C=O) groups excluding carboxylic acids is 2. The molecule has 0 aromatic rings. The van der Waals surface area contributed by atoms with Crippen molar-refractivity contribution >= 4 is 11.8 Å². The van der Waals surface area contributed by atoms with Gasteiger partial charge in [-0.05, 0) is 6.92 Å². The molecule has 1 atom stereocenters. The van der Waals surface area contributed by atoms with Crippen molar-refractivity contribution in [2.24, 2.45) is 0 Å². The van der Waals surface area contributed by atoms with Crippen molar-refractivity contribution in [3.63, 3.8) is 0 Å². The summed E-state index contributed by atoms with van der Waals surface area (Å²) in [6.45, 7) is 2.14. The van der Waals surface area contributed by atoms with E-state index in [4.69, 9.17) is 4.74 Å². The number of amides is 2. The third kappa shape index (κ3) is 1.53. The van der Waals surface area contributed by atoms with Gasteiger partial charge in [0.2, 0.25) is 0 Å². The predicted molar refractivity (Wildman–Crippen MR) is 42.3 cm³/mol. The first-order valence-corrected chi connectivity index (χ1v) is 3.71. The molecule has 1 aliphatic heterocycles. The van der Waals surface area contributed by atoms with E-state index in [1.165, 1.54) is 24.2 Å². The molecule has 0 fully saturated rings. The van der Waals surface area contributed by atoms with Crippen LogP contribution in [-0.4, -0.2) is 36.5 Å². The monoisotopic (exact) mass is 169 g/mol. The summed E-state index contributed by atoms with van der Waals surface area (Å²) in [6.07, 6.45) is 2.54. The summed E-state index contributed by atoms with van der Waals surface area (Å²) in [5, 5.41) is 0. The van der Waals surface area contributed by atoms with Crippen molar-refractivity contribution < 1.29 is 14.3 Å². The third-order valence-corrected chi connectivity index (χ3v) is 1.69. The number of rotatable bonds is 3. The van der Waals surface area contributed by atoms with E-state index in [0.717, 1.165) is 0 Å². The number of hydrogen-bond acceptors (Lipinski definition) is 3. The van der Waals surface area contributed by atoms with Crippen molar-refractivity contribution in [2.45, 2.75) is 13.0 Å². The quantitative estimate of drug-likeness (QED) is 0.556. The summed E-state index contributed by atoms with van der Waals surface area (Å²) in [6, 6.07) is -0.190. The van der Waals surface area contributed by atoms with Crippen LogP contribution in [0.5, 0.6) is 0 Å². The molecule has 0 spiro atoms. The normalized spacial score (nSPS) is 19.0. The smallest absolute Gasteiger partial charge is 0.253 e. The zero-order chi connectivity index (χ0) is 9.14. The van der Waals surface area contributed by atoms with E-state index in [-0.39, 0.29) is 17.9 Å². The van der Waals surface area contributed by atoms with Crippen LogP contribution in [0.15, 0.2) is 12.2 Å². The second-order valence-corrected chi connectivity index (χ2v) is 2.68. The first kappa shape index (κ1) is 8.93. The van der Waals surface area contributed by atoms with Crippen molar-refractivity contribution in [3.05, 3.63) is 12.2 Å². The second-order valence-electron chi connectivity index (χ2n) is 2.68. The summed E-state index contributed by atoms with van der Waals surface area (Å²) in [5.41, 5.74) is 0. The van der Waals surface area contributed by atoms with Gasteiger partial charge in [0.25, 0.3) is 11.8 Å². The van der Waals surface area contributed by atoms with Crippen molar-refractivity contribution in [1.29, 1.82) is 0 Å². The van der Waals surface area contributed by atoms with E-state index < -0.39 is 0 Å². The van der Waals surface area contributed by atoms with Gasteiger partial charge in [-0.25, -0.2) is 0 Å². The zero-order valence-electron chi connectivity index (χ0n) is 7.11. The molecule has 0 aromatic heterocycles. The number of nitrogens with zero attached hydrogens (tertiary/aromatic N) is 1. The number of carbonyl (C=O) groups is 2. The summed E-state index contributed by atoms with van der Waals surface area (Å²) >= 11 is 0. The molecule has 66 valence electrons. The molecule has 0 bridgehead atoms. The Kier molecular flexibility index (Phi) is 2.60. The predicted octanol–water partition coefficient (Wildman–Crippen LogP) is -0.0537. The van der Waals surface area contributed by atoms with E-state index >= 15 is 0 Å². The molecule has 1 unspecified atom stereocenters. The van der Waals surface area contributed by atoms with Gasteiger partial charge in [0.1, 0.15) is 0 Å². The minimum atomic E-state index is -0.260. The summed E-state index contributed by atoms with van der Waals surface area (Å²) in [5.74, 6) is -0.519. The molecule has 0 radical (unpaired) electrons. The van der Waals surface area contributed by atoms with Crippen molar-refractivity contribution in [1.82, 2.24) is 4.90 Å². The lowest BCUT2D eigenvalue weighted by molar-refractivity contribution is -0.140. The SMILES string of the molecule is COCC(C)N1C(=O)C=CC1=O. The topological polar surface area (TPSA) is 46.6 Å². The van der Waals surface area contributed by atoms with E-state index in [0.29, 0.717) is 6.61 Å². The van der Waals surface area contributed by atoms with Gasteiger partial charge < -0.3 is 4.74 Å². The maximum Gasteiger partial charge on any atom is 0.253 e. The van der Waals surface area contributed by atoms with Crippen LogP contribution in [0.2, 0.25) is 0 Å². The zero-order valence-corrected chi connectivity index (χ0v) is 7.11. The fourth-order valence-electron chi connectivity index (χ4n) is 1.16. The fourth-order valence-corrected chi connectivity index (χ4v) is 1.16. The highest BCUT2D eigenvalue weighted by Gasteiger charge is 2.27. The first-order chi connectivity index (χ1) is 5.66. The molecule has 4 heteroatoms. The van der Waals surface area contributed by atoms with Crippen molar-refractivity contribution in [2.75, 3.05) is 13.7 Å². The number of methoxy groups -OCH3 is 1. The number of imide groups is 1. The Labute approximate surface area is 70.8 Å². The Bertz CT molecular complexity index is 216. The highest BCUT2D eigenvalue weighted by Crippen LogP contribution is 2.08. The first-order valence-electron chi connectivity index (χ1n) is 3.71. The molecule has 1 heterocycles. The summed E-state index contributed by atoms with van der Waals surface area (Å²) < 4.78 is 4.84. The Morgan fingerprint density at radius 3 is 2.33 bits per heavy atom. The van der Waals surface area contributed by atoms with Crippen LogP contribution in [0.4, 0.5) is 0 Å². The van der Waals surface area contributed by atoms with E-state index in [1.54, 1.807) is 6.92 Å². The molecule has 0 saturated carbocycles. The van der Waals surface area contributed by atoms with Crippen LogP contribution in [0.25, 0.3) is 0 Å². The van der Waals surface area contributed by atoms with Crippen LogP contribution >= 0.6 is 0 Å². The Morgan fingerprint density at radius 2 is 1.92 bits per heavy atom. The van der Waals surface area contributed by atoms with Crippen LogP contribution in [0.3, 0.4) is 0 Å². The van der Waals surface area contributed by atoms with Crippen LogP contribution < -0.4 is 0 Å². The molecular weight excluding hydrogens is 158 g/mol. The fraction of sp³-hybridized carbons (Fsp3) is 0.500. The molecule has 12 heavy (non-hydrogen) atoms. The van der Waals surface area contributed by atoms with Gasteiger partial charge in [-0.3, -0.25) is 14.5 Å². The number of hydrogen-bond donors (Lipinski definition) is 0. The molecule has 0 N–H and O–H groups in total. The second kappa shape index (κ2) is 3.49. The number of ether oxygens (including phenoxy) is 1. The van der Waals surface area contributed by atoms with Gasteiger partial charge in [-0.15, -0.1) is 0 Å². The minimum Gasteiger partial charge on any atom is -0.383 e. The maximum atomic E-state index is 11.1. The highest BCUT2D eigenvalue weighted by molar-refractivity contribution is 6.13. The summed E-state index contributed by atoms with van der Waals surface area (Å²) in [7, 11) is 1.54. The highest BCUT2D eigenvalue weighted by atomic mass is 16.5.